The molecule has 8 heteroatoms. The minimum absolute atomic E-state index is 0. The Kier molecular flexibility index (Phi) is 9.77. The Balaban J connectivity index is 0. The van der Waals surface area contributed by atoms with Crippen molar-refractivity contribution in [3.8, 4) is 0 Å². The zero-order valence-corrected chi connectivity index (χ0v) is 11.5. The van der Waals surface area contributed by atoms with Crippen LogP contribution in [-0.2, 0) is 22.7 Å². The Bertz CT molecular complexity index is 214. The second-order valence-corrected chi connectivity index (χ2v) is 4.15. The van der Waals surface area contributed by atoms with Crippen molar-refractivity contribution in [2.45, 2.75) is 0 Å². The first-order valence-electron chi connectivity index (χ1n) is 2.32. The summed E-state index contributed by atoms with van der Waals surface area (Å²) in [5.41, 5.74) is 0. The third-order valence-corrected chi connectivity index (χ3v) is 1.64. The molecule has 0 fully saturated rings. The van der Waals surface area contributed by atoms with Gasteiger partial charge in [0.25, 0.3) is 10.1 Å². The second kappa shape index (κ2) is 7.10. The van der Waals surface area contributed by atoms with Crippen molar-refractivity contribution in [1.29, 1.82) is 0 Å². The number of hydrogen-bond donors (Lipinski definition) is 2. The zero-order valence-electron chi connectivity index (χ0n) is 5.90. The molecule has 0 radical (unpaired) electrons. The molecule has 11 heavy (non-hydrogen) atoms. The van der Waals surface area contributed by atoms with E-state index in [0.29, 0.717) is 0 Å². The van der Waals surface area contributed by atoms with E-state index < -0.39 is 10.1 Å². The van der Waals surface area contributed by atoms with Gasteiger partial charge in [0.15, 0.2) is 0 Å². The van der Waals surface area contributed by atoms with Gasteiger partial charge in [-0.1, -0.05) is 4.32 Å². The van der Waals surface area contributed by atoms with Gasteiger partial charge in [0.2, 0.25) is 0 Å². The van der Waals surface area contributed by atoms with E-state index in [1.165, 1.54) is 0 Å². The van der Waals surface area contributed by atoms with E-state index in [9.17, 15) is 8.42 Å². The van der Waals surface area contributed by atoms with Gasteiger partial charge >= 0.3 is 51.4 Å². The van der Waals surface area contributed by atoms with E-state index in [4.69, 9.17) is 4.55 Å². The molecule has 0 aliphatic rings. The van der Waals surface area contributed by atoms with Crippen LogP contribution in [0.25, 0.3) is 0 Å². The smallest absolute Gasteiger partial charge is 0.412 e. The second-order valence-electron chi connectivity index (χ2n) is 1.50. The third-order valence-electron chi connectivity index (χ3n) is 0.629. The van der Waals surface area contributed by atoms with Gasteiger partial charge in [-0.05, 0) is 0 Å². The van der Waals surface area contributed by atoms with Crippen molar-refractivity contribution < 1.29 is 64.4 Å². The Morgan fingerprint density at radius 2 is 2.09 bits per heavy atom. The summed E-state index contributed by atoms with van der Waals surface area (Å²) < 4.78 is 28.4. The molecule has 0 heterocycles. The average Bonchev–Trinajstić information content (AvgIpc) is 1.59. The fourth-order valence-corrected chi connectivity index (χ4v) is 0.846. The largest absolute Gasteiger partial charge is 1.00 e. The summed E-state index contributed by atoms with van der Waals surface area (Å²) in [4.78, 5) is 0. The van der Waals surface area contributed by atoms with Gasteiger partial charge in [-0.25, -0.2) is 0 Å². The van der Waals surface area contributed by atoms with Gasteiger partial charge in [-0.15, -0.1) is 0 Å². The van der Waals surface area contributed by atoms with Crippen molar-refractivity contribution in [3.05, 3.63) is 0 Å². The van der Waals surface area contributed by atoms with E-state index in [2.05, 4.69) is 30.2 Å². The van der Waals surface area contributed by atoms with E-state index in [1.54, 1.807) is 0 Å². The van der Waals surface area contributed by atoms with Crippen LogP contribution >= 0.6 is 12.2 Å². The molecule has 0 bridgehead atoms. The molecule has 0 aromatic rings. The van der Waals surface area contributed by atoms with E-state index in [0.717, 1.165) is 0 Å². The number of nitrogens with one attached hydrogen (secondary N) is 1. The van der Waals surface area contributed by atoms with E-state index in [1.807, 2.05) is 0 Å². The summed E-state index contributed by atoms with van der Waals surface area (Å²) in [6.07, 6.45) is 0. The molecule has 0 amide bonds. The topological polar surface area (TPSA) is 66.4 Å². The maximum Gasteiger partial charge on any atom is 1.00 e. The summed E-state index contributed by atoms with van der Waals surface area (Å²) in [5.74, 6) is -0.371. The van der Waals surface area contributed by atoms with Crippen LogP contribution in [0.4, 0.5) is 0 Å². The molecule has 2 N–H and O–H groups in total. The van der Waals surface area contributed by atoms with Crippen LogP contribution in [0.2, 0.25) is 0 Å². The van der Waals surface area contributed by atoms with E-state index in [-0.39, 0.29) is 68.0 Å². The first-order chi connectivity index (χ1) is 4.42. The van der Waals surface area contributed by atoms with Crippen molar-refractivity contribution in [3.63, 3.8) is 0 Å². The molecule has 0 saturated carbocycles. The first-order valence-corrected chi connectivity index (χ1v) is 4.74. The van der Waals surface area contributed by atoms with Gasteiger partial charge in [-0.3, -0.25) is 4.55 Å². The van der Waals surface area contributed by atoms with Crippen LogP contribution in [0.5, 0.6) is 0 Å². The molecule has 0 atom stereocenters. The standard InChI is InChI=1S/C3H7NO3S3.K/c5-10(6,7)2-1-4-3(8)9;/h1-2H2,(H2,4,8,9)(H,5,6,7);/q;+1/p-1. The zero-order chi connectivity index (χ0) is 8.20. The molecule has 0 spiro atoms. The molecule has 0 aliphatic heterocycles. The van der Waals surface area contributed by atoms with Gasteiger partial charge in [0, 0.05) is 6.54 Å². The Morgan fingerprint density at radius 1 is 1.64 bits per heavy atom. The minimum Gasteiger partial charge on any atom is -0.412 e. The fraction of sp³-hybridized carbons (Fsp3) is 0.667. The quantitative estimate of drug-likeness (QED) is 0.229. The summed E-state index contributed by atoms with van der Waals surface area (Å²) in [7, 11) is -3.89. The average molecular weight is 239 g/mol. The number of rotatable bonds is 3. The maximum absolute atomic E-state index is 10.1. The number of thiocarbonyl (C=S) groups is 1. The van der Waals surface area contributed by atoms with Crippen molar-refractivity contribution in [1.82, 2.24) is 5.32 Å². The Labute approximate surface area is 119 Å². The predicted molar refractivity (Wildman–Crippen MR) is 44.4 cm³/mol. The van der Waals surface area contributed by atoms with Gasteiger partial charge in [0.1, 0.15) is 0 Å². The first kappa shape index (κ1) is 15.1. The molecule has 0 aliphatic carbocycles. The summed E-state index contributed by atoms with van der Waals surface area (Å²) in [6.45, 7) is 0.0567. The molecule has 0 rings (SSSR count). The Hall–Kier alpha value is 1.66. The van der Waals surface area contributed by atoms with Gasteiger partial charge in [-0.2, -0.15) is 8.42 Å². The summed E-state index contributed by atoms with van der Waals surface area (Å²) in [5, 5.41) is 2.41. The SMILES string of the molecule is O=S(=O)(O)CCNC(=S)[S-].[K+]. The summed E-state index contributed by atoms with van der Waals surface area (Å²) >= 11 is 8.82. The molecule has 4 nitrogen and oxygen atoms in total. The van der Waals surface area contributed by atoms with Crippen LogP contribution in [0.15, 0.2) is 0 Å². The molecule has 0 aromatic carbocycles. The molecule has 60 valence electrons. The molecule has 0 saturated heterocycles. The third kappa shape index (κ3) is 14.5. The van der Waals surface area contributed by atoms with E-state index >= 15 is 0 Å². The molecular formula is C3H6KNO3S3. The Morgan fingerprint density at radius 3 is 2.36 bits per heavy atom. The van der Waals surface area contributed by atoms with Crippen LogP contribution in [0, 0.1) is 0 Å². The van der Waals surface area contributed by atoms with Gasteiger partial charge in [0.05, 0.1) is 5.75 Å². The predicted octanol–water partition coefficient (Wildman–Crippen LogP) is -3.70. The maximum atomic E-state index is 10.1. The monoisotopic (exact) mass is 239 g/mol. The van der Waals surface area contributed by atoms with Crippen molar-refractivity contribution in [2.75, 3.05) is 12.3 Å². The summed E-state index contributed by atoms with van der Waals surface area (Å²) in [6, 6.07) is 0. The van der Waals surface area contributed by atoms with Gasteiger partial charge < -0.3 is 30.2 Å². The fourth-order valence-electron chi connectivity index (χ4n) is 0.282. The molecule has 0 unspecified atom stereocenters. The van der Waals surface area contributed by atoms with Crippen LogP contribution in [0.3, 0.4) is 0 Å². The van der Waals surface area contributed by atoms with Crippen LogP contribution < -0.4 is 56.7 Å². The van der Waals surface area contributed by atoms with Crippen molar-refractivity contribution >= 4 is 39.3 Å². The van der Waals surface area contributed by atoms with Crippen LogP contribution in [0.1, 0.15) is 0 Å². The minimum atomic E-state index is -3.89. The molecular weight excluding hydrogens is 233 g/mol. The van der Waals surface area contributed by atoms with Crippen molar-refractivity contribution in [2.24, 2.45) is 0 Å². The number of hydrogen-bond acceptors (Lipinski definition) is 4. The normalized spacial score (nSPS) is 9.91. The molecule has 0 aromatic heterocycles. The van der Waals surface area contributed by atoms with Crippen LogP contribution in [-0.4, -0.2) is 29.6 Å².